The molecule has 0 atom stereocenters. The average Bonchev–Trinajstić information content (AvgIpc) is 2.49. The largest absolute Gasteiger partial charge is 0.497 e. The lowest BCUT2D eigenvalue weighted by Crippen LogP contribution is -2.05. The fraction of sp³-hybridized carbons (Fsp3) is 0.200. The van der Waals surface area contributed by atoms with Gasteiger partial charge >= 0.3 is 5.97 Å². The van der Waals surface area contributed by atoms with Crippen molar-refractivity contribution in [3.05, 3.63) is 41.6 Å². The minimum absolute atomic E-state index is 0.333. The van der Waals surface area contributed by atoms with Crippen LogP contribution >= 0.6 is 0 Å². The van der Waals surface area contributed by atoms with Gasteiger partial charge in [-0.15, -0.1) is 0 Å². The van der Waals surface area contributed by atoms with Gasteiger partial charge in [-0.2, -0.15) is 0 Å². The van der Waals surface area contributed by atoms with Crippen molar-refractivity contribution >= 4 is 11.7 Å². The first-order valence-corrected chi connectivity index (χ1v) is 6.22. The predicted molar refractivity (Wildman–Crippen MR) is 77.8 cm³/mol. The molecule has 0 bridgehead atoms. The number of carbonyl (C=O) groups excluding carboxylic acids is 1. The summed E-state index contributed by atoms with van der Waals surface area (Å²) < 4.78 is 15.4. The average molecular weight is 288 g/mol. The molecule has 1 aromatic heterocycles. The Morgan fingerprint density at radius 2 is 1.95 bits per heavy atom. The van der Waals surface area contributed by atoms with Crippen LogP contribution in [0.3, 0.4) is 0 Å². The molecule has 0 aliphatic rings. The number of nitrogens with zero attached hydrogens (tertiary/aromatic N) is 1. The van der Waals surface area contributed by atoms with Gasteiger partial charge in [-0.05, 0) is 25.1 Å². The number of anilines is 1. The number of ether oxygens (including phenoxy) is 3. The van der Waals surface area contributed by atoms with Crippen LogP contribution in [-0.2, 0) is 4.74 Å². The number of rotatable bonds is 4. The van der Waals surface area contributed by atoms with Crippen molar-refractivity contribution in [3.8, 4) is 17.4 Å². The maximum Gasteiger partial charge on any atom is 0.339 e. The summed E-state index contributed by atoms with van der Waals surface area (Å²) in [4.78, 5) is 15.7. The second-order valence-corrected chi connectivity index (χ2v) is 4.28. The van der Waals surface area contributed by atoms with Gasteiger partial charge in [0.25, 0.3) is 0 Å². The highest BCUT2D eigenvalue weighted by Crippen LogP contribution is 2.30. The summed E-state index contributed by atoms with van der Waals surface area (Å²) in [5, 5.41) is 0. The van der Waals surface area contributed by atoms with Crippen LogP contribution in [0.1, 0.15) is 16.1 Å². The molecule has 1 aromatic carbocycles. The van der Waals surface area contributed by atoms with Crippen LogP contribution < -0.4 is 15.2 Å². The Hall–Kier alpha value is -2.76. The highest BCUT2D eigenvalue weighted by molar-refractivity contribution is 5.90. The van der Waals surface area contributed by atoms with Gasteiger partial charge in [0.1, 0.15) is 5.75 Å². The quantitative estimate of drug-likeness (QED) is 0.687. The van der Waals surface area contributed by atoms with Gasteiger partial charge < -0.3 is 19.9 Å². The molecule has 21 heavy (non-hydrogen) atoms. The maximum absolute atomic E-state index is 11.5. The van der Waals surface area contributed by atoms with E-state index in [-0.39, 0.29) is 0 Å². The van der Waals surface area contributed by atoms with Crippen LogP contribution in [0.15, 0.2) is 30.3 Å². The lowest BCUT2D eigenvalue weighted by molar-refractivity contribution is 0.0599. The van der Waals surface area contributed by atoms with Crippen LogP contribution in [0.2, 0.25) is 0 Å². The van der Waals surface area contributed by atoms with Crippen LogP contribution in [0.5, 0.6) is 17.4 Å². The van der Waals surface area contributed by atoms with E-state index in [1.54, 1.807) is 44.4 Å². The van der Waals surface area contributed by atoms with Crippen LogP contribution in [0, 0.1) is 6.92 Å². The van der Waals surface area contributed by atoms with Crippen molar-refractivity contribution in [2.75, 3.05) is 20.0 Å². The van der Waals surface area contributed by atoms with Gasteiger partial charge in [0.15, 0.2) is 5.75 Å². The number of carbonyl (C=O) groups is 1. The fourth-order valence-corrected chi connectivity index (χ4v) is 1.76. The molecular formula is C15H16N2O4. The van der Waals surface area contributed by atoms with Crippen molar-refractivity contribution in [1.29, 1.82) is 0 Å². The SMILES string of the molecule is COC(=O)c1ccc(Oc2cc(OC)ccc2N)nc1C. The number of nitrogens with two attached hydrogens (primary N) is 1. The third-order valence-electron chi connectivity index (χ3n) is 2.90. The molecule has 0 amide bonds. The van der Waals surface area contributed by atoms with Crippen LogP contribution in [0.25, 0.3) is 0 Å². The molecule has 0 aliphatic heterocycles. The summed E-state index contributed by atoms with van der Waals surface area (Å²) in [7, 11) is 2.88. The number of esters is 1. The Balaban J connectivity index is 2.28. The summed E-state index contributed by atoms with van der Waals surface area (Å²) >= 11 is 0. The molecule has 2 N–H and O–H groups in total. The zero-order chi connectivity index (χ0) is 15.4. The van der Waals surface area contributed by atoms with E-state index < -0.39 is 5.97 Å². The van der Waals surface area contributed by atoms with Crippen LogP contribution in [-0.4, -0.2) is 25.2 Å². The maximum atomic E-state index is 11.5. The normalized spacial score (nSPS) is 10.0. The summed E-state index contributed by atoms with van der Waals surface area (Å²) in [6, 6.07) is 8.27. The first-order valence-electron chi connectivity index (χ1n) is 6.22. The van der Waals surface area contributed by atoms with E-state index in [9.17, 15) is 4.79 Å². The fourth-order valence-electron chi connectivity index (χ4n) is 1.76. The molecule has 0 radical (unpaired) electrons. The van der Waals surface area contributed by atoms with Gasteiger partial charge in [-0.1, -0.05) is 0 Å². The monoisotopic (exact) mass is 288 g/mol. The first kappa shape index (κ1) is 14.6. The molecule has 2 aromatic rings. The number of nitrogen functional groups attached to an aromatic ring is 1. The molecule has 2 rings (SSSR count). The van der Waals surface area contributed by atoms with E-state index in [4.69, 9.17) is 15.2 Å². The third-order valence-corrected chi connectivity index (χ3v) is 2.90. The van der Waals surface area contributed by atoms with E-state index in [2.05, 4.69) is 9.72 Å². The molecule has 0 saturated carbocycles. The van der Waals surface area contributed by atoms with Crippen molar-refractivity contribution in [3.63, 3.8) is 0 Å². The van der Waals surface area contributed by atoms with E-state index in [0.29, 0.717) is 34.3 Å². The molecule has 6 heteroatoms. The van der Waals surface area contributed by atoms with Gasteiger partial charge in [0.2, 0.25) is 5.88 Å². The lowest BCUT2D eigenvalue weighted by atomic mass is 10.2. The van der Waals surface area contributed by atoms with Crippen LogP contribution in [0.4, 0.5) is 5.69 Å². The minimum atomic E-state index is -0.438. The van der Waals surface area contributed by atoms with Gasteiger partial charge in [-0.3, -0.25) is 0 Å². The summed E-state index contributed by atoms with van der Waals surface area (Å²) in [6.07, 6.45) is 0. The number of aryl methyl sites for hydroxylation is 1. The van der Waals surface area contributed by atoms with Crippen molar-refractivity contribution < 1.29 is 19.0 Å². The van der Waals surface area contributed by atoms with Crippen molar-refractivity contribution in [1.82, 2.24) is 4.98 Å². The Bertz CT molecular complexity index is 671. The van der Waals surface area contributed by atoms with Gasteiger partial charge in [0, 0.05) is 12.1 Å². The highest BCUT2D eigenvalue weighted by Gasteiger charge is 2.12. The topological polar surface area (TPSA) is 83.7 Å². The van der Waals surface area contributed by atoms with E-state index in [1.165, 1.54) is 7.11 Å². The molecule has 0 fully saturated rings. The first-order chi connectivity index (χ1) is 10.0. The van der Waals surface area contributed by atoms with E-state index >= 15 is 0 Å². The smallest absolute Gasteiger partial charge is 0.339 e. The van der Waals surface area contributed by atoms with E-state index in [1.807, 2.05) is 0 Å². The van der Waals surface area contributed by atoms with Gasteiger partial charge in [-0.25, -0.2) is 9.78 Å². The number of hydrogen-bond donors (Lipinski definition) is 1. The summed E-state index contributed by atoms with van der Waals surface area (Å²) in [5.74, 6) is 0.960. The molecule has 6 nitrogen and oxygen atoms in total. The molecular weight excluding hydrogens is 272 g/mol. The standard InChI is InChI=1S/C15H16N2O4/c1-9-11(15(18)20-3)5-7-14(17-9)21-13-8-10(19-2)4-6-12(13)16/h4-8H,16H2,1-3H3. The zero-order valence-corrected chi connectivity index (χ0v) is 12.0. The molecule has 110 valence electrons. The summed E-state index contributed by atoms with van der Waals surface area (Å²) in [6.45, 7) is 1.70. The second kappa shape index (κ2) is 6.13. The number of hydrogen-bond acceptors (Lipinski definition) is 6. The Morgan fingerprint density at radius 3 is 2.57 bits per heavy atom. The number of benzene rings is 1. The number of pyridine rings is 1. The molecule has 1 heterocycles. The molecule has 0 unspecified atom stereocenters. The molecule has 0 aliphatic carbocycles. The number of aromatic nitrogens is 1. The molecule has 0 saturated heterocycles. The highest BCUT2D eigenvalue weighted by atomic mass is 16.5. The van der Waals surface area contributed by atoms with Gasteiger partial charge in [0.05, 0.1) is 31.2 Å². The van der Waals surface area contributed by atoms with Crippen molar-refractivity contribution in [2.24, 2.45) is 0 Å². The Labute approximate surface area is 122 Å². The van der Waals surface area contributed by atoms with E-state index in [0.717, 1.165) is 0 Å². The third kappa shape index (κ3) is 3.22. The lowest BCUT2D eigenvalue weighted by Gasteiger charge is -2.10. The minimum Gasteiger partial charge on any atom is -0.497 e. The number of methoxy groups -OCH3 is 2. The summed E-state index contributed by atoms with van der Waals surface area (Å²) in [5.41, 5.74) is 7.22. The second-order valence-electron chi connectivity index (χ2n) is 4.28. The Morgan fingerprint density at radius 1 is 1.19 bits per heavy atom. The Kier molecular flexibility index (Phi) is 4.27. The predicted octanol–water partition coefficient (Wildman–Crippen LogP) is 2.56. The zero-order valence-electron chi connectivity index (χ0n) is 12.0. The molecule has 0 spiro atoms. The van der Waals surface area contributed by atoms with Crippen molar-refractivity contribution in [2.45, 2.75) is 6.92 Å².